The maximum atomic E-state index is 11.1. The number of carbonyl (C=O) groups is 2. The normalized spacial score (nSPS) is 20.2. The molecule has 6 nitrogen and oxygen atoms in total. The first-order valence-corrected chi connectivity index (χ1v) is 6.96. The number of primary amides is 1. The Morgan fingerprint density at radius 1 is 1.19 bits per heavy atom. The van der Waals surface area contributed by atoms with Crippen LogP contribution >= 0.6 is 0 Å². The predicted molar refractivity (Wildman–Crippen MR) is 73.0 cm³/mol. The molecule has 3 N–H and O–H groups in total. The number of rotatable bonds is 3. The first-order chi connectivity index (χ1) is 10.0. The van der Waals surface area contributed by atoms with Gasteiger partial charge < -0.3 is 20.3 Å². The summed E-state index contributed by atoms with van der Waals surface area (Å²) in [5.74, 6) is 0.710. The van der Waals surface area contributed by atoms with E-state index in [-0.39, 0.29) is 18.6 Å². The van der Waals surface area contributed by atoms with Crippen LogP contribution in [0.2, 0.25) is 0 Å². The van der Waals surface area contributed by atoms with E-state index >= 15 is 0 Å². The largest absolute Gasteiger partial charge is 0.481 e. The molecule has 21 heavy (non-hydrogen) atoms. The monoisotopic (exact) mass is 291 g/mol. The Morgan fingerprint density at radius 3 is 2.33 bits per heavy atom. The van der Waals surface area contributed by atoms with Crippen LogP contribution in [0.1, 0.15) is 31.2 Å². The molecular weight excluding hydrogens is 274 g/mol. The molecule has 0 radical (unpaired) electrons. The van der Waals surface area contributed by atoms with Crippen molar-refractivity contribution in [2.75, 3.05) is 6.79 Å². The Hall–Kier alpha value is -2.24. The summed E-state index contributed by atoms with van der Waals surface area (Å²) in [6.07, 6.45) is 3.47. The van der Waals surface area contributed by atoms with E-state index in [0.29, 0.717) is 24.3 Å². The number of carbonyl (C=O) groups excluding carboxylic acids is 1. The number of aliphatic carboxylic acids is 1. The summed E-state index contributed by atoms with van der Waals surface area (Å²) in [6, 6.07) is 5.37. The van der Waals surface area contributed by atoms with Crippen LogP contribution in [0.15, 0.2) is 18.2 Å². The molecule has 0 atom stereocenters. The lowest BCUT2D eigenvalue weighted by Crippen LogP contribution is -2.19. The average Bonchev–Trinajstić information content (AvgIpc) is 3.34. The predicted octanol–water partition coefficient (Wildman–Crippen LogP) is 1.41. The van der Waals surface area contributed by atoms with Crippen LogP contribution in [0.4, 0.5) is 0 Å². The molecule has 0 bridgehead atoms. The lowest BCUT2D eigenvalue weighted by atomic mass is 9.96. The Bertz CT molecular complexity index is 590. The summed E-state index contributed by atoms with van der Waals surface area (Å²) >= 11 is 0. The van der Waals surface area contributed by atoms with Gasteiger partial charge in [0.25, 0.3) is 0 Å². The Balaban J connectivity index is 0.000000186. The zero-order chi connectivity index (χ0) is 15.0. The van der Waals surface area contributed by atoms with Gasteiger partial charge >= 0.3 is 5.97 Å². The molecule has 6 heteroatoms. The van der Waals surface area contributed by atoms with Crippen molar-refractivity contribution in [3.05, 3.63) is 23.8 Å². The van der Waals surface area contributed by atoms with Crippen molar-refractivity contribution in [3.8, 4) is 11.5 Å². The summed E-state index contributed by atoms with van der Waals surface area (Å²) in [4.78, 5) is 21.1. The van der Waals surface area contributed by atoms with Gasteiger partial charge in [-0.3, -0.25) is 9.59 Å². The molecule has 0 unspecified atom stereocenters. The first-order valence-electron chi connectivity index (χ1n) is 6.96. The molecule has 1 heterocycles. The number of carboxylic acids is 1. The van der Waals surface area contributed by atoms with Crippen LogP contribution in [-0.4, -0.2) is 23.8 Å². The smallest absolute Gasteiger partial charge is 0.314 e. The van der Waals surface area contributed by atoms with Crippen molar-refractivity contribution in [2.45, 2.75) is 31.1 Å². The van der Waals surface area contributed by atoms with Crippen LogP contribution in [-0.2, 0) is 15.0 Å². The van der Waals surface area contributed by atoms with Crippen LogP contribution in [0.25, 0.3) is 0 Å². The molecule has 112 valence electrons. The summed E-state index contributed by atoms with van der Waals surface area (Å²) in [6.45, 7) is 0.221. The number of ether oxygens (including phenoxy) is 2. The molecule has 1 amide bonds. The van der Waals surface area contributed by atoms with E-state index in [4.69, 9.17) is 20.3 Å². The Labute approximate surface area is 121 Å². The third-order valence-electron chi connectivity index (χ3n) is 4.06. The van der Waals surface area contributed by atoms with E-state index in [0.717, 1.165) is 18.4 Å². The first kappa shape index (κ1) is 13.7. The number of hydrogen-bond donors (Lipinski definition) is 2. The number of fused-ring (bicyclic) bond motifs is 1. The zero-order valence-corrected chi connectivity index (χ0v) is 11.5. The summed E-state index contributed by atoms with van der Waals surface area (Å²) in [5, 5.41) is 9.13. The fourth-order valence-electron chi connectivity index (χ4n) is 2.31. The van der Waals surface area contributed by atoms with Crippen LogP contribution in [0, 0.1) is 5.92 Å². The van der Waals surface area contributed by atoms with Crippen molar-refractivity contribution < 1.29 is 24.2 Å². The fourth-order valence-corrected chi connectivity index (χ4v) is 2.31. The molecule has 0 aromatic heterocycles. The number of carboxylic acid groups (broad SMARTS) is 1. The average molecular weight is 291 g/mol. The van der Waals surface area contributed by atoms with Crippen molar-refractivity contribution >= 4 is 11.9 Å². The standard InChI is InChI=1S/C11H10O4.C4H7NO/c12-10(13)11(3-4-11)7-1-2-8-9(5-7)15-6-14-8;5-4(6)3-1-2-3/h1-2,5H,3-4,6H2,(H,12,13);3H,1-2H2,(H2,5,6). The molecule has 2 saturated carbocycles. The fraction of sp³-hybridized carbons (Fsp3) is 0.467. The number of nitrogens with two attached hydrogens (primary N) is 1. The topological polar surface area (TPSA) is 98.9 Å². The van der Waals surface area contributed by atoms with E-state index in [2.05, 4.69) is 0 Å². The minimum absolute atomic E-state index is 0.130. The van der Waals surface area contributed by atoms with E-state index in [1.807, 2.05) is 6.07 Å². The molecule has 1 aromatic rings. The van der Waals surface area contributed by atoms with Crippen molar-refractivity contribution in [1.29, 1.82) is 0 Å². The molecular formula is C15H17NO5. The van der Waals surface area contributed by atoms with E-state index in [1.165, 1.54) is 0 Å². The number of benzene rings is 1. The molecule has 1 aliphatic heterocycles. The van der Waals surface area contributed by atoms with Crippen molar-refractivity contribution in [2.24, 2.45) is 11.7 Å². The van der Waals surface area contributed by atoms with Gasteiger partial charge in [-0.05, 0) is 43.4 Å². The second-order valence-corrected chi connectivity index (χ2v) is 5.63. The van der Waals surface area contributed by atoms with Crippen molar-refractivity contribution in [1.82, 2.24) is 0 Å². The zero-order valence-electron chi connectivity index (χ0n) is 11.5. The van der Waals surface area contributed by atoms with E-state index in [1.54, 1.807) is 12.1 Å². The maximum absolute atomic E-state index is 11.1. The quantitative estimate of drug-likeness (QED) is 0.877. The van der Waals surface area contributed by atoms with E-state index in [9.17, 15) is 9.59 Å². The molecule has 1 aromatic carbocycles. The molecule has 0 spiro atoms. The molecule has 2 aliphatic carbocycles. The highest BCUT2D eigenvalue weighted by molar-refractivity contribution is 5.85. The minimum Gasteiger partial charge on any atom is -0.481 e. The van der Waals surface area contributed by atoms with Gasteiger partial charge in [-0.1, -0.05) is 6.07 Å². The number of hydrogen-bond acceptors (Lipinski definition) is 4. The van der Waals surface area contributed by atoms with Gasteiger partial charge in [-0.2, -0.15) is 0 Å². The van der Waals surface area contributed by atoms with Gasteiger partial charge in [0.1, 0.15) is 0 Å². The number of amides is 1. The maximum Gasteiger partial charge on any atom is 0.314 e. The Kier molecular flexibility index (Phi) is 3.23. The lowest BCUT2D eigenvalue weighted by molar-refractivity contribution is -0.140. The van der Waals surface area contributed by atoms with Crippen LogP contribution < -0.4 is 15.2 Å². The van der Waals surface area contributed by atoms with Gasteiger partial charge in [0, 0.05) is 5.92 Å². The third kappa shape index (κ3) is 2.66. The van der Waals surface area contributed by atoms with Gasteiger partial charge in [-0.15, -0.1) is 0 Å². The highest BCUT2D eigenvalue weighted by Crippen LogP contribution is 2.50. The van der Waals surface area contributed by atoms with Crippen molar-refractivity contribution in [3.63, 3.8) is 0 Å². The summed E-state index contributed by atoms with van der Waals surface area (Å²) in [7, 11) is 0. The molecule has 0 saturated heterocycles. The van der Waals surface area contributed by atoms with Gasteiger partial charge in [0.2, 0.25) is 12.7 Å². The highest BCUT2D eigenvalue weighted by atomic mass is 16.7. The molecule has 2 fully saturated rings. The van der Waals surface area contributed by atoms with Crippen LogP contribution in [0.5, 0.6) is 11.5 Å². The lowest BCUT2D eigenvalue weighted by Gasteiger charge is -2.10. The second-order valence-electron chi connectivity index (χ2n) is 5.63. The molecule has 4 rings (SSSR count). The second kappa shape index (κ2) is 4.95. The SMILES string of the molecule is NC(=O)C1CC1.O=C(O)C1(c2ccc3c(c2)OCO3)CC1. The minimum atomic E-state index is -0.749. The Morgan fingerprint density at radius 2 is 1.86 bits per heavy atom. The third-order valence-corrected chi connectivity index (χ3v) is 4.06. The van der Waals surface area contributed by atoms with Gasteiger partial charge in [0.05, 0.1) is 5.41 Å². The highest BCUT2D eigenvalue weighted by Gasteiger charge is 2.52. The van der Waals surface area contributed by atoms with Crippen LogP contribution in [0.3, 0.4) is 0 Å². The summed E-state index contributed by atoms with van der Waals surface area (Å²) < 4.78 is 10.4. The summed E-state index contributed by atoms with van der Waals surface area (Å²) in [5.41, 5.74) is 5.01. The van der Waals surface area contributed by atoms with E-state index < -0.39 is 11.4 Å². The van der Waals surface area contributed by atoms with Gasteiger partial charge in [0.15, 0.2) is 11.5 Å². The van der Waals surface area contributed by atoms with Gasteiger partial charge in [-0.25, -0.2) is 0 Å². The molecule has 3 aliphatic rings.